The Labute approximate surface area is 170 Å². The van der Waals surface area contributed by atoms with Crippen LogP contribution in [0.25, 0.3) is 0 Å². The van der Waals surface area contributed by atoms with Gasteiger partial charge in [-0.15, -0.1) is 0 Å². The van der Waals surface area contributed by atoms with Gasteiger partial charge in [-0.05, 0) is 67.8 Å². The van der Waals surface area contributed by atoms with Crippen molar-refractivity contribution < 1.29 is 19.1 Å². The van der Waals surface area contributed by atoms with E-state index in [4.69, 9.17) is 4.74 Å². The second kappa shape index (κ2) is 9.23. The quantitative estimate of drug-likeness (QED) is 0.733. The van der Waals surface area contributed by atoms with E-state index < -0.39 is 11.9 Å². The SMILES string of the molecule is CC(=O)Nc1ccc(C(=O)OCC(=O)Nc2ccc(N3CCCC3)cc2C)cc1. The maximum Gasteiger partial charge on any atom is 0.338 e. The summed E-state index contributed by atoms with van der Waals surface area (Å²) in [4.78, 5) is 37.6. The molecule has 0 atom stereocenters. The predicted octanol–water partition coefficient (Wildman–Crippen LogP) is 3.35. The first-order valence-corrected chi connectivity index (χ1v) is 9.62. The van der Waals surface area contributed by atoms with E-state index in [1.807, 2.05) is 19.1 Å². The number of hydrogen-bond donors (Lipinski definition) is 2. The van der Waals surface area contributed by atoms with Gasteiger partial charge in [-0.25, -0.2) is 4.79 Å². The van der Waals surface area contributed by atoms with E-state index >= 15 is 0 Å². The van der Waals surface area contributed by atoms with Gasteiger partial charge in [0.25, 0.3) is 5.91 Å². The number of nitrogens with zero attached hydrogens (tertiary/aromatic N) is 1. The summed E-state index contributed by atoms with van der Waals surface area (Å²) in [6.07, 6.45) is 2.41. The summed E-state index contributed by atoms with van der Waals surface area (Å²) in [5.41, 5.74) is 3.71. The van der Waals surface area contributed by atoms with Crippen molar-refractivity contribution in [3.8, 4) is 0 Å². The summed E-state index contributed by atoms with van der Waals surface area (Å²) in [6, 6.07) is 12.2. The standard InChI is InChI=1S/C22H25N3O4/c1-15-13-19(25-11-3-4-12-25)9-10-20(15)24-21(27)14-29-22(28)17-5-7-18(8-6-17)23-16(2)26/h5-10,13H,3-4,11-12,14H2,1-2H3,(H,23,26)(H,24,27). The highest BCUT2D eigenvalue weighted by Gasteiger charge is 2.15. The summed E-state index contributed by atoms with van der Waals surface area (Å²) in [5, 5.41) is 5.40. The van der Waals surface area contributed by atoms with Crippen LogP contribution >= 0.6 is 0 Å². The van der Waals surface area contributed by atoms with Gasteiger partial charge in [-0.3, -0.25) is 9.59 Å². The van der Waals surface area contributed by atoms with E-state index in [-0.39, 0.29) is 12.5 Å². The molecule has 0 aromatic heterocycles. The van der Waals surface area contributed by atoms with Gasteiger partial charge in [-0.2, -0.15) is 0 Å². The van der Waals surface area contributed by atoms with Gasteiger partial charge in [0.2, 0.25) is 5.91 Å². The molecular weight excluding hydrogens is 370 g/mol. The van der Waals surface area contributed by atoms with Crippen molar-refractivity contribution in [2.24, 2.45) is 0 Å². The largest absolute Gasteiger partial charge is 0.452 e. The van der Waals surface area contributed by atoms with E-state index in [0.29, 0.717) is 16.9 Å². The van der Waals surface area contributed by atoms with Crippen LogP contribution in [-0.2, 0) is 14.3 Å². The molecule has 0 saturated carbocycles. The minimum atomic E-state index is -0.601. The predicted molar refractivity (Wildman–Crippen MR) is 112 cm³/mol. The van der Waals surface area contributed by atoms with Crippen molar-refractivity contribution in [1.82, 2.24) is 0 Å². The van der Waals surface area contributed by atoms with Crippen LogP contribution in [-0.4, -0.2) is 37.5 Å². The molecule has 1 aliphatic rings. The van der Waals surface area contributed by atoms with Crippen LogP contribution < -0.4 is 15.5 Å². The zero-order valence-corrected chi connectivity index (χ0v) is 16.7. The highest BCUT2D eigenvalue weighted by atomic mass is 16.5. The van der Waals surface area contributed by atoms with Crippen molar-refractivity contribution in [2.45, 2.75) is 26.7 Å². The average molecular weight is 395 g/mol. The first-order valence-electron chi connectivity index (χ1n) is 9.62. The Kier molecular flexibility index (Phi) is 6.49. The second-order valence-electron chi connectivity index (χ2n) is 7.08. The van der Waals surface area contributed by atoms with E-state index in [2.05, 4.69) is 21.6 Å². The molecule has 3 rings (SSSR count). The lowest BCUT2D eigenvalue weighted by molar-refractivity contribution is -0.119. The molecule has 7 heteroatoms. The molecule has 7 nitrogen and oxygen atoms in total. The van der Waals surface area contributed by atoms with Crippen LogP contribution in [0, 0.1) is 6.92 Å². The highest BCUT2D eigenvalue weighted by Crippen LogP contribution is 2.25. The Balaban J connectivity index is 1.51. The molecule has 2 amide bonds. The molecule has 0 spiro atoms. The lowest BCUT2D eigenvalue weighted by Crippen LogP contribution is -2.22. The molecule has 2 aromatic carbocycles. The fraction of sp³-hybridized carbons (Fsp3) is 0.318. The highest BCUT2D eigenvalue weighted by molar-refractivity contribution is 5.96. The smallest absolute Gasteiger partial charge is 0.338 e. The van der Waals surface area contributed by atoms with Crippen LogP contribution in [0.3, 0.4) is 0 Å². The molecule has 29 heavy (non-hydrogen) atoms. The first kappa shape index (κ1) is 20.4. The third-order valence-corrected chi connectivity index (χ3v) is 4.73. The lowest BCUT2D eigenvalue weighted by Gasteiger charge is -2.19. The molecule has 1 heterocycles. The van der Waals surface area contributed by atoms with Crippen LogP contribution in [0.15, 0.2) is 42.5 Å². The zero-order valence-electron chi connectivity index (χ0n) is 16.7. The Morgan fingerprint density at radius 2 is 1.69 bits per heavy atom. The number of rotatable bonds is 6. The van der Waals surface area contributed by atoms with E-state index in [0.717, 1.165) is 24.3 Å². The van der Waals surface area contributed by atoms with Crippen LogP contribution in [0.4, 0.5) is 17.1 Å². The fourth-order valence-electron chi connectivity index (χ4n) is 3.25. The van der Waals surface area contributed by atoms with Gasteiger partial charge in [0, 0.05) is 37.1 Å². The lowest BCUT2D eigenvalue weighted by atomic mass is 10.1. The van der Waals surface area contributed by atoms with Gasteiger partial charge >= 0.3 is 5.97 Å². The third kappa shape index (κ3) is 5.57. The minimum absolute atomic E-state index is 0.194. The number of carbonyl (C=O) groups excluding carboxylic acids is 3. The number of carbonyl (C=O) groups is 3. The number of amides is 2. The van der Waals surface area contributed by atoms with Crippen LogP contribution in [0.5, 0.6) is 0 Å². The van der Waals surface area contributed by atoms with Crippen LogP contribution in [0.1, 0.15) is 35.7 Å². The van der Waals surface area contributed by atoms with E-state index in [1.54, 1.807) is 12.1 Å². The number of hydrogen-bond acceptors (Lipinski definition) is 5. The summed E-state index contributed by atoms with van der Waals surface area (Å²) in [7, 11) is 0. The number of benzene rings is 2. The monoisotopic (exact) mass is 395 g/mol. The van der Waals surface area contributed by atoms with Crippen molar-refractivity contribution in [1.29, 1.82) is 0 Å². The van der Waals surface area contributed by atoms with Crippen molar-refractivity contribution in [2.75, 3.05) is 35.2 Å². The maximum absolute atomic E-state index is 12.2. The maximum atomic E-state index is 12.2. The molecule has 0 radical (unpaired) electrons. The summed E-state index contributed by atoms with van der Waals surface area (Å²) >= 11 is 0. The minimum Gasteiger partial charge on any atom is -0.452 e. The average Bonchev–Trinajstić information content (AvgIpc) is 3.22. The third-order valence-electron chi connectivity index (χ3n) is 4.73. The number of esters is 1. The molecule has 1 aliphatic heterocycles. The molecule has 0 bridgehead atoms. The van der Waals surface area contributed by atoms with Crippen molar-refractivity contribution in [3.05, 3.63) is 53.6 Å². The van der Waals surface area contributed by atoms with Crippen molar-refractivity contribution >= 4 is 34.8 Å². The van der Waals surface area contributed by atoms with Gasteiger partial charge in [0.15, 0.2) is 6.61 Å². The van der Waals surface area contributed by atoms with Crippen molar-refractivity contribution in [3.63, 3.8) is 0 Å². The van der Waals surface area contributed by atoms with Gasteiger partial charge < -0.3 is 20.3 Å². The Hall–Kier alpha value is -3.35. The van der Waals surface area contributed by atoms with Gasteiger partial charge in [0.1, 0.15) is 0 Å². The van der Waals surface area contributed by atoms with Gasteiger partial charge in [0.05, 0.1) is 5.56 Å². The van der Waals surface area contributed by atoms with Crippen LogP contribution in [0.2, 0.25) is 0 Å². The normalized spacial score (nSPS) is 13.1. The molecular formula is C22H25N3O4. The molecule has 2 N–H and O–H groups in total. The summed E-state index contributed by atoms with van der Waals surface area (Å²) < 4.78 is 5.08. The fourth-order valence-corrected chi connectivity index (χ4v) is 3.25. The number of anilines is 3. The molecule has 0 aliphatic carbocycles. The zero-order chi connectivity index (χ0) is 20.8. The van der Waals surface area contributed by atoms with Gasteiger partial charge in [-0.1, -0.05) is 0 Å². The Bertz CT molecular complexity index is 903. The summed E-state index contributed by atoms with van der Waals surface area (Å²) in [5.74, 6) is -1.19. The summed E-state index contributed by atoms with van der Waals surface area (Å²) in [6.45, 7) is 5.10. The topological polar surface area (TPSA) is 87.7 Å². The molecule has 152 valence electrons. The molecule has 0 unspecified atom stereocenters. The number of ether oxygens (including phenoxy) is 1. The molecule has 2 aromatic rings. The van der Waals surface area contributed by atoms with E-state index in [9.17, 15) is 14.4 Å². The first-order chi connectivity index (χ1) is 13.9. The Morgan fingerprint density at radius 3 is 2.31 bits per heavy atom. The van der Waals surface area contributed by atoms with E-state index in [1.165, 1.54) is 31.9 Å². The molecule has 1 fully saturated rings. The molecule has 1 saturated heterocycles. The number of nitrogens with one attached hydrogen (secondary N) is 2. The second-order valence-corrected chi connectivity index (χ2v) is 7.08. The number of aryl methyl sites for hydroxylation is 1. The Morgan fingerprint density at radius 1 is 1.00 bits per heavy atom.